The Kier molecular flexibility index (Phi) is 6.66. The van der Waals surface area contributed by atoms with Gasteiger partial charge in [-0.15, -0.1) is 0 Å². The lowest BCUT2D eigenvalue weighted by Crippen LogP contribution is -2.40. The molecule has 1 N–H and O–H groups in total. The van der Waals surface area contributed by atoms with Crippen molar-refractivity contribution in [2.45, 2.75) is 17.9 Å². The van der Waals surface area contributed by atoms with Crippen LogP contribution in [0.3, 0.4) is 0 Å². The normalized spacial score (nSPS) is 17.1. The topological polar surface area (TPSA) is 94.2 Å². The van der Waals surface area contributed by atoms with E-state index in [1.165, 1.54) is 28.6 Å². The van der Waals surface area contributed by atoms with E-state index < -0.39 is 10.0 Å². The van der Waals surface area contributed by atoms with Gasteiger partial charge in [-0.05, 0) is 42.0 Å². The average molecular weight is 467 g/mol. The van der Waals surface area contributed by atoms with E-state index in [-0.39, 0.29) is 17.3 Å². The lowest BCUT2D eigenvalue weighted by molar-refractivity contribution is 0.0730. The van der Waals surface area contributed by atoms with Crippen LogP contribution in [0.2, 0.25) is 5.02 Å². The molecule has 0 spiro atoms. The summed E-state index contributed by atoms with van der Waals surface area (Å²) in [6.45, 7) is 2.72. The molecular weight excluding hydrogens is 444 g/mol. The molecule has 4 rings (SSSR count). The van der Waals surface area contributed by atoms with Gasteiger partial charge in [-0.25, -0.2) is 8.42 Å². The van der Waals surface area contributed by atoms with Crippen LogP contribution >= 0.6 is 11.6 Å². The summed E-state index contributed by atoms with van der Waals surface area (Å²) < 4.78 is 43.2. The second kappa shape index (κ2) is 9.44. The number of morpholine rings is 1. The molecule has 0 bridgehead atoms. The van der Waals surface area contributed by atoms with Crippen molar-refractivity contribution in [3.8, 4) is 11.5 Å². The zero-order valence-corrected chi connectivity index (χ0v) is 18.4. The van der Waals surface area contributed by atoms with Crippen molar-refractivity contribution < 1.29 is 27.4 Å². The van der Waals surface area contributed by atoms with E-state index in [1.54, 1.807) is 12.1 Å². The number of hydrogen-bond acceptors (Lipinski definition) is 6. The molecule has 0 atom stereocenters. The Morgan fingerprint density at radius 3 is 2.48 bits per heavy atom. The number of benzene rings is 2. The van der Waals surface area contributed by atoms with E-state index in [4.69, 9.17) is 25.8 Å². The molecule has 0 unspecified atom stereocenters. The zero-order valence-electron chi connectivity index (χ0n) is 16.8. The smallest absolute Gasteiger partial charge is 0.251 e. The van der Waals surface area contributed by atoms with Gasteiger partial charge in [0.05, 0.1) is 36.3 Å². The van der Waals surface area contributed by atoms with Crippen molar-refractivity contribution in [3.05, 3.63) is 52.5 Å². The van der Waals surface area contributed by atoms with Gasteiger partial charge in [0, 0.05) is 31.6 Å². The van der Waals surface area contributed by atoms with Crippen molar-refractivity contribution in [1.29, 1.82) is 0 Å². The molecule has 1 saturated heterocycles. The minimum absolute atomic E-state index is 0.153. The van der Waals surface area contributed by atoms with E-state index in [2.05, 4.69) is 5.32 Å². The molecule has 166 valence electrons. The van der Waals surface area contributed by atoms with E-state index in [0.29, 0.717) is 61.6 Å². The van der Waals surface area contributed by atoms with E-state index in [9.17, 15) is 13.2 Å². The standard InChI is InChI=1S/C21H23ClN2O6S/c22-18-12-15(13-19-20(18)30-9-1-8-29-19)14-23-21(25)16-2-4-17(5-3-16)31(26,27)24-6-10-28-11-7-24/h2-5,12-13H,1,6-11,14H2,(H,23,25). The Labute approximate surface area is 186 Å². The number of nitrogens with zero attached hydrogens (tertiary/aromatic N) is 1. The van der Waals surface area contributed by atoms with Gasteiger partial charge in [0.1, 0.15) is 0 Å². The summed E-state index contributed by atoms with van der Waals surface area (Å²) in [5.41, 5.74) is 1.13. The van der Waals surface area contributed by atoms with Crippen LogP contribution in [-0.2, 0) is 21.3 Å². The van der Waals surface area contributed by atoms with Crippen LogP contribution < -0.4 is 14.8 Å². The van der Waals surface area contributed by atoms with Gasteiger partial charge in [0.25, 0.3) is 5.91 Å². The van der Waals surface area contributed by atoms with Crippen molar-refractivity contribution in [2.24, 2.45) is 0 Å². The van der Waals surface area contributed by atoms with Crippen molar-refractivity contribution in [3.63, 3.8) is 0 Å². The maximum absolute atomic E-state index is 12.7. The van der Waals surface area contributed by atoms with Crippen LogP contribution in [0.15, 0.2) is 41.3 Å². The van der Waals surface area contributed by atoms with Crippen LogP contribution in [0.5, 0.6) is 11.5 Å². The molecule has 2 heterocycles. The second-order valence-corrected chi connectivity index (χ2v) is 9.52. The number of carbonyl (C=O) groups is 1. The summed E-state index contributed by atoms with van der Waals surface area (Å²) in [5, 5.41) is 3.25. The van der Waals surface area contributed by atoms with Gasteiger partial charge in [0.2, 0.25) is 10.0 Å². The average Bonchev–Trinajstić information content (AvgIpc) is 3.04. The monoisotopic (exact) mass is 466 g/mol. The predicted octanol–water partition coefficient (Wildman–Crippen LogP) is 2.45. The SMILES string of the molecule is O=C(NCc1cc(Cl)c2c(c1)OCCCO2)c1ccc(S(=O)(=O)N2CCOCC2)cc1. The van der Waals surface area contributed by atoms with Crippen LogP contribution in [0.1, 0.15) is 22.3 Å². The molecule has 1 amide bonds. The summed E-state index contributed by atoms with van der Waals surface area (Å²) in [7, 11) is -3.60. The number of amides is 1. The van der Waals surface area contributed by atoms with Crippen molar-refractivity contribution in [1.82, 2.24) is 9.62 Å². The maximum Gasteiger partial charge on any atom is 0.251 e. The molecule has 2 aliphatic heterocycles. The van der Waals surface area contributed by atoms with E-state index in [0.717, 1.165) is 12.0 Å². The third-order valence-electron chi connectivity index (χ3n) is 5.04. The van der Waals surface area contributed by atoms with Gasteiger partial charge < -0.3 is 19.5 Å². The second-order valence-electron chi connectivity index (χ2n) is 7.18. The zero-order chi connectivity index (χ0) is 21.8. The summed E-state index contributed by atoms with van der Waals surface area (Å²) in [5.74, 6) is 0.761. The number of rotatable bonds is 5. The number of ether oxygens (including phenoxy) is 3. The van der Waals surface area contributed by atoms with Crippen LogP contribution in [0.4, 0.5) is 0 Å². The first-order valence-electron chi connectivity index (χ1n) is 9.99. The lowest BCUT2D eigenvalue weighted by Gasteiger charge is -2.26. The van der Waals surface area contributed by atoms with Gasteiger partial charge in [-0.1, -0.05) is 11.6 Å². The molecule has 31 heavy (non-hydrogen) atoms. The highest BCUT2D eigenvalue weighted by Gasteiger charge is 2.26. The highest BCUT2D eigenvalue weighted by atomic mass is 35.5. The van der Waals surface area contributed by atoms with Gasteiger partial charge in [-0.2, -0.15) is 4.31 Å². The number of fused-ring (bicyclic) bond motifs is 1. The molecule has 0 aliphatic carbocycles. The summed E-state index contributed by atoms with van der Waals surface area (Å²) >= 11 is 6.29. The Morgan fingerprint density at radius 1 is 1.03 bits per heavy atom. The number of nitrogens with one attached hydrogen (secondary N) is 1. The molecule has 2 aromatic rings. The molecule has 0 aromatic heterocycles. The number of carbonyl (C=O) groups excluding carboxylic acids is 1. The minimum Gasteiger partial charge on any atom is -0.489 e. The fraction of sp³-hybridized carbons (Fsp3) is 0.381. The van der Waals surface area contributed by atoms with Crippen LogP contribution in [0.25, 0.3) is 0 Å². The first kappa shape index (κ1) is 21.9. The number of hydrogen-bond donors (Lipinski definition) is 1. The summed E-state index contributed by atoms with van der Waals surface area (Å²) in [6, 6.07) is 9.43. The van der Waals surface area contributed by atoms with E-state index >= 15 is 0 Å². The molecule has 10 heteroatoms. The first-order chi connectivity index (χ1) is 14.9. The van der Waals surface area contributed by atoms with E-state index in [1.807, 2.05) is 0 Å². The third kappa shape index (κ3) is 4.95. The molecule has 8 nitrogen and oxygen atoms in total. The third-order valence-corrected chi connectivity index (χ3v) is 7.23. The van der Waals surface area contributed by atoms with Crippen LogP contribution in [-0.4, -0.2) is 58.1 Å². The Hall–Kier alpha value is -2.33. The lowest BCUT2D eigenvalue weighted by atomic mass is 10.1. The molecule has 0 radical (unpaired) electrons. The first-order valence-corrected chi connectivity index (χ1v) is 11.8. The predicted molar refractivity (Wildman–Crippen MR) is 114 cm³/mol. The molecule has 1 fully saturated rings. The Morgan fingerprint density at radius 2 is 1.74 bits per heavy atom. The summed E-state index contributed by atoms with van der Waals surface area (Å²) in [6.07, 6.45) is 0.772. The Bertz CT molecular complexity index is 1050. The van der Waals surface area contributed by atoms with Gasteiger partial charge in [-0.3, -0.25) is 4.79 Å². The largest absolute Gasteiger partial charge is 0.489 e. The minimum atomic E-state index is -3.60. The van der Waals surface area contributed by atoms with Gasteiger partial charge >= 0.3 is 0 Å². The van der Waals surface area contributed by atoms with Gasteiger partial charge in [0.15, 0.2) is 11.5 Å². The highest BCUT2D eigenvalue weighted by molar-refractivity contribution is 7.89. The fourth-order valence-corrected chi connectivity index (χ4v) is 5.08. The fourth-order valence-electron chi connectivity index (χ4n) is 3.38. The molecule has 0 saturated carbocycles. The van der Waals surface area contributed by atoms with Crippen molar-refractivity contribution >= 4 is 27.5 Å². The molecular formula is C21H23ClN2O6S. The number of sulfonamides is 1. The quantitative estimate of drug-likeness (QED) is 0.727. The van der Waals surface area contributed by atoms with Crippen molar-refractivity contribution in [2.75, 3.05) is 39.5 Å². The summed E-state index contributed by atoms with van der Waals surface area (Å²) in [4.78, 5) is 12.7. The molecule has 2 aliphatic rings. The highest BCUT2D eigenvalue weighted by Crippen LogP contribution is 2.38. The Balaban J connectivity index is 1.41. The van der Waals surface area contributed by atoms with Crippen LogP contribution in [0, 0.1) is 0 Å². The molecule has 2 aromatic carbocycles. The maximum atomic E-state index is 12.7. The number of halogens is 1.